The van der Waals surface area contributed by atoms with E-state index < -0.39 is 0 Å². The van der Waals surface area contributed by atoms with Crippen molar-refractivity contribution in [2.45, 2.75) is 45.1 Å². The highest BCUT2D eigenvalue weighted by molar-refractivity contribution is 5.11. The fourth-order valence-electron chi connectivity index (χ4n) is 3.11. The Hall–Kier alpha value is -0.830. The third kappa shape index (κ3) is 2.39. The molecule has 0 unspecified atom stereocenters. The van der Waals surface area contributed by atoms with Gasteiger partial charge in [0.05, 0.1) is 6.33 Å². The van der Waals surface area contributed by atoms with Crippen LogP contribution in [-0.4, -0.2) is 22.6 Å². The molecule has 1 aromatic heterocycles. The average molecular weight is 233 g/mol. The van der Waals surface area contributed by atoms with Gasteiger partial charge in [0, 0.05) is 37.4 Å². The van der Waals surface area contributed by atoms with E-state index in [1.54, 1.807) is 0 Å². The van der Waals surface area contributed by atoms with E-state index in [0.29, 0.717) is 5.92 Å². The smallest absolute Gasteiger partial charge is 0.0948 e. The minimum atomic E-state index is 0.708. The summed E-state index contributed by atoms with van der Waals surface area (Å²) < 4.78 is 2.41. The van der Waals surface area contributed by atoms with Crippen LogP contribution in [0.3, 0.4) is 0 Å². The zero-order chi connectivity index (χ0) is 11.7. The highest BCUT2D eigenvalue weighted by atomic mass is 15.1. The fourth-order valence-corrected chi connectivity index (χ4v) is 3.11. The van der Waals surface area contributed by atoms with Crippen molar-refractivity contribution < 1.29 is 0 Å². The van der Waals surface area contributed by atoms with Crippen molar-refractivity contribution in [1.29, 1.82) is 0 Å². The maximum absolute atomic E-state index is 4.34. The molecule has 0 amide bonds. The van der Waals surface area contributed by atoms with Crippen LogP contribution in [0, 0.1) is 11.8 Å². The molecule has 17 heavy (non-hydrogen) atoms. The average Bonchev–Trinajstić information content (AvgIpc) is 2.68. The molecule has 0 radical (unpaired) electrons. The largest absolute Gasteiger partial charge is 0.334 e. The topological polar surface area (TPSA) is 29.9 Å². The van der Waals surface area contributed by atoms with Gasteiger partial charge in [0.15, 0.2) is 0 Å². The molecule has 1 N–H and O–H groups in total. The molecule has 3 rings (SSSR count). The summed E-state index contributed by atoms with van der Waals surface area (Å²) in [5.74, 6) is 2.54. The number of nitrogens with zero attached hydrogens (tertiary/aromatic N) is 2. The number of rotatable bonds is 3. The van der Waals surface area contributed by atoms with Gasteiger partial charge in [-0.25, -0.2) is 4.98 Å². The Balaban J connectivity index is 1.62. The van der Waals surface area contributed by atoms with Crippen molar-refractivity contribution in [3.63, 3.8) is 0 Å². The van der Waals surface area contributed by atoms with Crippen LogP contribution in [0.25, 0.3) is 0 Å². The lowest BCUT2D eigenvalue weighted by molar-refractivity contribution is 0.260. The van der Waals surface area contributed by atoms with Gasteiger partial charge in [-0.2, -0.15) is 0 Å². The van der Waals surface area contributed by atoms with E-state index in [1.807, 2.05) is 6.33 Å². The van der Waals surface area contributed by atoms with Gasteiger partial charge < -0.3 is 9.88 Å². The van der Waals surface area contributed by atoms with Gasteiger partial charge in [-0.3, -0.25) is 0 Å². The molecule has 3 heteroatoms. The lowest BCUT2D eigenvalue weighted by Crippen LogP contribution is -2.41. The van der Waals surface area contributed by atoms with Gasteiger partial charge >= 0.3 is 0 Å². The van der Waals surface area contributed by atoms with Gasteiger partial charge in [0.25, 0.3) is 0 Å². The Morgan fingerprint density at radius 3 is 2.71 bits per heavy atom. The monoisotopic (exact) mass is 233 g/mol. The molecule has 0 bridgehead atoms. The zero-order valence-corrected chi connectivity index (χ0v) is 10.7. The van der Waals surface area contributed by atoms with Gasteiger partial charge in [0.1, 0.15) is 0 Å². The van der Waals surface area contributed by atoms with Crippen LogP contribution >= 0.6 is 0 Å². The molecule has 2 aliphatic rings. The standard InChI is InChI=1S/C14H23N3/c1-11-2-4-12(5-3-11)9-17-10-16-8-14(17)13-6-15-7-13/h8,10-13,15H,2-7,9H2,1H3. The minimum absolute atomic E-state index is 0.708. The van der Waals surface area contributed by atoms with Crippen LogP contribution in [0.1, 0.15) is 44.2 Å². The molecule has 1 aliphatic carbocycles. The summed E-state index contributed by atoms with van der Waals surface area (Å²) in [5, 5.41) is 3.35. The van der Waals surface area contributed by atoms with Crippen LogP contribution in [0.2, 0.25) is 0 Å². The molecule has 1 saturated carbocycles. The van der Waals surface area contributed by atoms with E-state index in [2.05, 4.69) is 28.0 Å². The SMILES string of the molecule is CC1CCC(Cn2cncc2C2CNC2)CC1. The second-order valence-corrected chi connectivity index (χ2v) is 5.95. The molecule has 1 saturated heterocycles. The first-order valence-electron chi connectivity index (χ1n) is 7.03. The lowest BCUT2D eigenvalue weighted by Gasteiger charge is -2.30. The highest BCUT2D eigenvalue weighted by Gasteiger charge is 2.24. The van der Waals surface area contributed by atoms with Crippen molar-refractivity contribution in [1.82, 2.24) is 14.9 Å². The molecular weight excluding hydrogens is 210 g/mol. The van der Waals surface area contributed by atoms with Gasteiger partial charge in [-0.05, 0) is 24.7 Å². The van der Waals surface area contributed by atoms with E-state index in [0.717, 1.165) is 24.9 Å². The highest BCUT2D eigenvalue weighted by Crippen LogP contribution is 2.30. The van der Waals surface area contributed by atoms with Crippen molar-refractivity contribution >= 4 is 0 Å². The summed E-state index contributed by atoms with van der Waals surface area (Å²) in [5.41, 5.74) is 1.45. The first kappa shape index (κ1) is 11.3. The molecule has 2 fully saturated rings. The van der Waals surface area contributed by atoms with E-state index >= 15 is 0 Å². The molecule has 94 valence electrons. The van der Waals surface area contributed by atoms with Crippen LogP contribution in [0.4, 0.5) is 0 Å². The summed E-state index contributed by atoms with van der Waals surface area (Å²) in [6.07, 6.45) is 9.74. The minimum Gasteiger partial charge on any atom is -0.334 e. The summed E-state index contributed by atoms with van der Waals surface area (Å²) in [7, 11) is 0. The van der Waals surface area contributed by atoms with Crippen molar-refractivity contribution in [3.05, 3.63) is 18.2 Å². The number of aromatic nitrogens is 2. The van der Waals surface area contributed by atoms with Crippen LogP contribution in [0.5, 0.6) is 0 Å². The quantitative estimate of drug-likeness (QED) is 0.869. The first-order chi connectivity index (χ1) is 8.33. The van der Waals surface area contributed by atoms with Crippen molar-refractivity contribution in [2.24, 2.45) is 11.8 Å². The molecule has 3 nitrogen and oxygen atoms in total. The van der Waals surface area contributed by atoms with E-state index in [9.17, 15) is 0 Å². The van der Waals surface area contributed by atoms with Gasteiger partial charge in [-0.1, -0.05) is 19.8 Å². The third-order valence-corrected chi connectivity index (χ3v) is 4.53. The van der Waals surface area contributed by atoms with E-state index in [-0.39, 0.29) is 0 Å². The van der Waals surface area contributed by atoms with E-state index in [1.165, 1.54) is 37.9 Å². The molecule has 1 aliphatic heterocycles. The lowest BCUT2D eigenvalue weighted by atomic mass is 9.83. The summed E-state index contributed by atoms with van der Waals surface area (Å²) in [6.45, 7) is 5.85. The first-order valence-corrected chi connectivity index (χ1v) is 7.03. The number of imidazole rings is 1. The Kier molecular flexibility index (Phi) is 3.19. The third-order valence-electron chi connectivity index (χ3n) is 4.53. The maximum Gasteiger partial charge on any atom is 0.0948 e. The maximum atomic E-state index is 4.34. The Morgan fingerprint density at radius 1 is 1.29 bits per heavy atom. The van der Waals surface area contributed by atoms with Crippen molar-refractivity contribution in [3.8, 4) is 0 Å². The van der Waals surface area contributed by atoms with Crippen LogP contribution in [-0.2, 0) is 6.54 Å². The molecule has 2 heterocycles. The van der Waals surface area contributed by atoms with Crippen LogP contribution in [0.15, 0.2) is 12.5 Å². The zero-order valence-electron chi connectivity index (χ0n) is 10.7. The van der Waals surface area contributed by atoms with Crippen LogP contribution < -0.4 is 5.32 Å². The predicted molar refractivity (Wildman–Crippen MR) is 69.0 cm³/mol. The molecule has 0 atom stereocenters. The molecular formula is C14H23N3. The number of hydrogen-bond donors (Lipinski definition) is 1. The molecule has 0 aromatic carbocycles. The Morgan fingerprint density at radius 2 is 2.06 bits per heavy atom. The number of hydrogen-bond acceptors (Lipinski definition) is 2. The van der Waals surface area contributed by atoms with Gasteiger partial charge in [0.2, 0.25) is 0 Å². The Labute approximate surface area is 104 Å². The summed E-state index contributed by atoms with van der Waals surface area (Å²) in [6, 6.07) is 0. The summed E-state index contributed by atoms with van der Waals surface area (Å²) >= 11 is 0. The van der Waals surface area contributed by atoms with Gasteiger partial charge in [-0.15, -0.1) is 0 Å². The normalized spacial score (nSPS) is 30.2. The predicted octanol–water partition coefficient (Wildman–Crippen LogP) is 2.40. The van der Waals surface area contributed by atoms with Crippen molar-refractivity contribution in [2.75, 3.05) is 13.1 Å². The second kappa shape index (κ2) is 4.81. The molecule has 1 aromatic rings. The second-order valence-electron chi connectivity index (χ2n) is 5.95. The molecule has 0 spiro atoms. The number of nitrogens with one attached hydrogen (secondary N) is 1. The fraction of sp³-hybridized carbons (Fsp3) is 0.786. The summed E-state index contributed by atoms with van der Waals surface area (Å²) in [4.78, 5) is 4.34. The van der Waals surface area contributed by atoms with E-state index in [4.69, 9.17) is 0 Å². The Bertz CT molecular complexity index is 359.